The maximum Gasteiger partial charge on any atom is 0.292 e. The number of halogens is 1. The Bertz CT molecular complexity index is 1070. The molecular weight excluding hydrogens is 440 g/mol. The van der Waals surface area contributed by atoms with Crippen molar-refractivity contribution < 1.29 is 9.72 Å². The molecule has 1 amide bonds. The molecule has 8 heteroatoms. The number of nitriles is 1. The van der Waals surface area contributed by atoms with Crippen molar-refractivity contribution in [1.29, 1.82) is 5.26 Å². The smallest absolute Gasteiger partial charge is 0.292 e. The fourth-order valence-electron chi connectivity index (χ4n) is 5.27. The van der Waals surface area contributed by atoms with E-state index in [9.17, 15) is 20.2 Å². The molecule has 3 atom stereocenters. The summed E-state index contributed by atoms with van der Waals surface area (Å²) < 4.78 is 0. The van der Waals surface area contributed by atoms with Crippen LogP contribution < -0.4 is 5.32 Å². The third kappa shape index (κ3) is 4.81. The van der Waals surface area contributed by atoms with Crippen LogP contribution in [0.5, 0.6) is 0 Å². The Hall–Kier alpha value is -3.11. The summed E-state index contributed by atoms with van der Waals surface area (Å²) in [5, 5.41) is 25.5. The van der Waals surface area contributed by atoms with E-state index in [2.05, 4.69) is 16.3 Å². The third-order valence-electron chi connectivity index (χ3n) is 6.73. The number of amides is 1. The van der Waals surface area contributed by atoms with Gasteiger partial charge < -0.3 is 10.2 Å². The fourth-order valence-corrected chi connectivity index (χ4v) is 5.40. The highest BCUT2D eigenvalue weighted by Gasteiger charge is 2.43. The summed E-state index contributed by atoms with van der Waals surface area (Å²) >= 11 is 5.98. The second-order valence-corrected chi connectivity index (χ2v) is 9.33. The zero-order chi connectivity index (χ0) is 23.5. The number of piperidine rings is 1. The van der Waals surface area contributed by atoms with Crippen LogP contribution in [0, 0.1) is 21.4 Å². The summed E-state index contributed by atoms with van der Waals surface area (Å²) in [5.41, 5.74) is 1.88. The van der Waals surface area contributed by atoms with Crippen LogP contribution in [-0.2, 0) is 4.79 Å². The Morgan fingerprint density at radius 3 is 2.42 bits per heavy atom. The van der Waals surface area contributed by atoms with Crippen molar-refractivity contribution in [2.45, 2.75) is 69.5 Å². The molecule has 2 heterocycles. The van der Waals surface area contributed by atoms with Gasteiger partial charge in [-0.05, 0) is 61.4 Å². The summed E-state index contributed by atoms with van der Waals surface area (Å²) in [6.45, 7) is 2.01. The van der Waals surface area contributed by atoms with E-state index >= 15 is 0 Å². The minimum absolute atomic E-state index is 0.0108. The van der Waals surface area contributed by atoms with E-state index in [1.165, 1.54) is 6.07 Å². The van der Waals surface area contributed by atoms with Gasteiger partial charge in [0, 0.05) is 35.6 Å². The molecule has 2 bridgehead atoms. The first kappa shape index (κ1) is 23.1. The maximum atomic E-state index is 12.6. The Labute approximate surface area is 198 Å². The van der Waals surface area contributed by atoms with Crippen LogP contribution >= 0.6 is 11.6 Å². The van der Waals surface area contributed by atoms with Crippen molar-refractivity contribution in [3.05, 3.63) is 68.7 Å². The first-order chi connectivity index (χ1) is 15.9. The highest BCUT2D eigenvalue weighted by molar-refractivity contribution is 6.30. The summed E-state index contributed by atoms with van der Waals surface area (Å²) in [6.07, 6.45) is 4.90. The third-order valence-corrected chi connectivity index (χ3v) is 6.98. The lowest BCUT2D eigenvalue weighted by Gasteiger charge is -2.39. The molecule has 2 saturated heterocycles. The number of rotatable bonds is 7. The molecule has 1 N–H and O–H groups in total. The van der Waals surface area contributed by atoms with Crippen LogP contribution in [0.3, 0.4) is 0 Å². The molecule has 7 nitrogen and oxygen atoms in total. The van der Waals surface area contributed by atoms with Crippen LogP contribution in [0.15, 0.2) is 42.5 Å². The van der Waals surface area contributed by atoms with Crippen molar-refractivity contribution in [3.8, 4) is 6.07 Å². The van der Waals surface area contributed by atoms with Gasteiger partial charge in [-0.1, -0.05) is 36.7 Å². The Morgan fingerprint density at radius 2 is 1.85 bits per heavy atom. The van der Waals surface area contributed by atoms with Crippen LogP contribution in [-0.4, -0.2) is 33.9 Å². The molecule has 33 heavy (non-hydrogen) atoms. The lowest BCUT2D eigenvalue weighted by Crippen LogP contribution is -2.49. The lowest BCUT2D eigenvalue weighted by atomic mass is 9.91. The van der Waals surface area contributed by atoms with Gasteiger partial charge in [0.15, 0.2) is 0 Å². The van der Waals surface area contributed by atoms with Gasteiger partial charge in [0.2, 0.25) is 5.91 Å². The summed E-state index contributed by atoms with van der Waals surface area (Å²) in [4.78, 5) is 25.9. The molecule has 4 rings (SSSR count). The highest BCUT2D eigenvalue weighted by atomic mass is 35.5. The fraction of sp³-hybridized carbons (Fsp3) is 0.440. The average Bonchev–Trinajstić information content (AvgIpc) is 3.06. The normalized spacial score (nSPS) is 22.5. The van der Waals surface area contributed by atoms with Gasteiger partial charge in [0.1, 0.15) is 5.69 Å². The van der Waals surface area contributed by atoms with Crippen molar-refractivity contribution >= 4 is 28.9 Å². The predicted molar refractivity (Wildman–Crippen MR) is 127 cm³/mol. The van der Waals surface area contributed by atoms with Gasteiger partial charge in [-0.15, -0.1) is 0 Å². The van der Waals surface area contributed by atoms with Gasteiger partial charge >= 0.3 is 0 Å². The topological polar surface area (TPSA) is 99.3 Å². The van der Waals surface area contributed by atoms with Gasteiger partial charge in [-0.2, -0.15) is 5.26 Å². The molecule has 0 spiro atoms. The Morgan fingerprint density at radius 1 is 1.21 bits per heavy atom. The number of nitro benzene ring substituents is 1. The first-order valence-corrected chi connectivity index (χ1v) is 11.8. The van der Waals surface area contributed by atoms with E-state index in [1.807, 2.05) is 6.92 Å². The number of nitro groups is 1. The maximum absolute atomic E-state index is 12.6. The largest absolute Gasteiger partial charge is 0.377 e. The molecule has 2 aromatic carbocycles. The molecule has 0 aliphatic carbocycles. The zero-order valence-electron chi connectivity index (χ0n) is 18.5. The average molecular weight is 467 g/mol. The zero-order valence-corrected chi connectivity index (χ0v) is 19.3. The molecule has 0 saturated carbocycles. The van der Waals surface area contributed by atoms with E-state index in [4.69, 9.17) is 11.6 Å². The minimum Gasteiger partial charge on any atom is -0.377 e. The molecular formula is C25H27ClN4O3. The molecule has 2 aliphatic rings. The molecule has 2 fully saturated rings. The molecule has 172 valence electrons. The van der Waals surface area contributed by atoms with Crippen LogP contribution in [0.1, 0.15) is 62.5 Å². The molecule has 3 unspecified atom stereocenters. The SMILES string of the molecule is CCCC(=O)N1C2CCC1CC(Nc1cc(C(C#N)c3ccc(Cl)cc3)ccc1[N+](=O)[O-])C2. The summed E-state index contributed by atoms with van der Waals surface area (Å²) in [5.74, 6) is -0.343. The molecule has 2 aliphatic heterocycles. The van der Waals surface area contributed by atoms with Gasteiger partial charge in [0.25, 0.3) is 5.69 Å². The quantitative estimate of drug-likeness (QED) is 0.420. The summed E-state index contributed by atoms with van der Waals surface area (Å²) in [7, 11) is 0. The van der Waals surface area contributed by atoms with Crippen molar-refractivity contribution in [3.63, 3.8) is 0 Å². The number of benzene rings is 2. The Balaban J connectivity index is 1.57. The molecule has 0 aromatic heterocycles. The number of anilines is 1. The standard InChI is InChI=1S/C25H27ClN4O3/c1-2-3-25(31)29-20-9-10-21(29)14-19(13-20)28-23-12-17(6-11-24(23)30(32)33)22(15-27)16-4-7-18(26)8-5-16/h4-8,11-12,19-22,28H,2-3,9-10,13-14H2,1H3. The van der Waals surface area contributed by atoms with Crippen molar-refractivity contribution in [2.24, 2.45) is 0 Å². The van der Waals surface area contributed by atoms with E-state index in [0.717, 1.165) is 37.7 Å². The first-order valence-electron chi connectivity index (χ1n) is 11.4. The van der Waals surface area contributed by atoms with Crippen LogP contribution in [0.4, 0.5) is 11.4 Å². The Kier molecular flexibility index (Phi) is 6.85. The number of nitrogens with one attached hydrogen (secondary N) is 1. The van der Waals surface area contributed by atoms with Crippen molar-refractivity contribution in [1.82, 2.24) is 4.90 Å². The van der Waals surface area contributed by atoms with Crippen LogP contribution in [0.25, 0.3) is 0 Å². The minimum atomic E-state index is -0.562. The van der Waals surface area contributed by atoms with Gasteiger partial charge in [-0.3, -0.25) is 14.9 Å². The van der Waals surface area contributed by atoms with Crippen molar-refractivity contribution in [2.75, 3.05) is 5.32 Å². The van der Waals surface area contributed by atoms with E-state index < -0.39 is 10.8 Å². The number of hydrogen-bond donors (Lipinski definition) is 1. The number of carbonyl (C=O) groups is 1. The van der Waals surface area contributed by atoms with Crippen LogP contribution in [0.2, 0.25) is 5.02 Å². The second-order valence-electron chi connectivity index (χ2n) is 8.90. The van der Waals surface area contributed by atoms with E-state index in [1.54, 1.807) is 36.4 Å². The number of carbonyl (C=O) groups excluding carboxylic acids is 1. The molecule has 0 radical (unpaired) electrons. The molecule has 2 aromatic rings. The second kappa shape index (κ2) is 9.80. The highest BCUT2D eigenvalue weighted by Crippen LogP contribution is 2.39. The van der Waals surface area contributed by atoms with E-state index in [0.29, 0.717) is 22.7 Å². The summed E-state index contributed by atoms with van der Waals surface area (Å²) in [6, 6.07) is 14.6. The number of fused-ring (bicyclic) bond motifs is 2. The van der Waals surface area contributed by atoms with Gasteiger partial charge in [-0.25, -0.2) is 0 Å². The monoisotopic (exact) mass is 466 g/mol. The predicted octanol–water partition coefficient (Wildman–Crippen LogP) is 5.64. The van der Waals surface area contributed by atoms with E-state index in [-0.39, 0.29) is 29.7 Å². The number of hydrogen-bond acceptors (Lipinski definition) is 5. The lowest BCUT2D eigenvalue weighted by molar-refractivity contribution is -0.384. The number of nitrogens with zero attached hydrogens (tertiary/aromatic N) is 3. The van der Waals surface area contributed by atoms with Gasteiger partial charge in [0.05, 0.1) is 16.9 Å².